The van der Waals surface area contributed by atoms with E-state index in [1.54, 1.807) is 13.3 Å². The lowest BCUT2D eigenvalue weighted by Crippen LogP contribution is -2.17. The zero-order valence-corrected chi connectivity index (χ0v) is 10.2. The van der Waals surface area contributed by atoms with E-state index in [-0.39, 0.29) is 5.84 Å². The maximum Gasteiger partial charge on any atom is 0.126 e. The highest BCUT2D eigenvalue weighted by Gasteiger charge is 2.10. The first-order valence-corrected chi connectivity index (χ1v) is 5.69. The molecule has 0 aliphatic rings. The van der Waals surface area contributed by atoms with Gasteiger partial charge in [0, 0.05) is 25.2 Å². The number of benzene rings is 1. The second-order valence-electron chi connectivity index (χ2n) is 3.90. The monoisotopic (exact) mass is 244 g/mol. The summed E-state index contributed by atoms with van der Waals surface area (Å²) in [5, 5.41) is 11.8. The number of nitrogens with zero attached hydrogens (tertiary/aromatic N) is 1. The number of pyridine rings is 1. The number of para-hydroxylation sites is 1. The summed E-state index contributed by atoms with van der Waals surface area (Å²) in [6.07, 6.45) is 1.62. The highest BCUT2D eigenvalue weighted by atomic mass is 16.5. The lowest BCUT2D eigenvalue weighted by Gasteiger charge is -2.13. The van der Waals surface area contributed by atoms with Gasteiger partial charge in [-0.1, -0.05) is 18.2 Å². The summed E-state index contributed by atoms with van der Waals surface area (Å²) in [7, 11) is 1.65. The zero-order valence-electron chi connectivity index (χ0n) is 10.2. The fourth-order valence-corrected chi connectivity index (χ4v) is 1.81. The Balaban J connectivity index is 2.48. The molecule has 1 aromatic heterocycles. The molecule has 0 aliphatic carbocycles. The number of aromatic nitrogens is 1. The zero-order chi connectivity index (χ0) is 13.0. The fraction of sp³-hybridized carbons (Fsp3) is 0.231. The molecule has 0 spiro atoms. The van der Waals surface area contributed by atoms with Gasteiger partial charge in [0.25, 0.3) is 0 Å². The number of amidine groups is 1. The molecule has 1 aromatic carbocycles. The summed E-state index contributed by atoms with van der Waals surface area (Å²) in [6.45, 7) is 1.25. The molecular formula is C13H16N4O. The van der Waals surface area contributed by atoms with Crippen LogP contribution in [0.2, 0.25) is 0 Å². The molecule has 0 radical (unpaired) electrons. The van der Waals surface area contributed by atoms with Gasteiger partial charge in [0.05, 0.1) is 23.4 Å². The van der Waals surface area contributed by atoms with Crippen LogP contribution < -0.4 is 11.1 Å². The first-order chi connectivity index (χ1) is 8.74. The van der Waals surface area contributed by atoms with Crippen molar-refractivity contribution in [3.8, 4) is 0 Å². The van der Waals surface area contributed by atoms with Crippen molar-refractivity contribution in [1.29, 1.82) is 5.41 Å². The van der Waals surface area contributed by atoms with Crippen molar-refractivity contribution in [1.82, 2.24) is 4.98 Å². The van der Waals surface area contributed by atoms with Crippen molar-refractivity contribution in [2.75, 3.05) is 25.6 Å². The smallest absolute Gasteiger partial charge is 0.126 e. The molecule has 0 bridgehead atoms. The summed E-state index contributed by atoms with van der Waals surface area (Å²) in [4.78, 5) is 4.30. The number of nitrogens with one attached hydrogen (secondary N) is 2. The van der Waals surface area contributed by atoms with Crippen molar-refractivity contribution >= 4 is 22.4 Å². The van der Waals surface area contributed by atoms with Crippen LogP contribution in [0.4, 0.5) is 5.69 Å². The normalized spacial score (nSPS) is 10.5. The van der Waals surface area contributed by atoms with Crippen LogP contribution in [0, 0.1) is 5.41 Å². The SMILES string of the molecule is COCCNc1c(C(=N)N)cnc2ccccc12. The largest absolute Gasteiger partial charge is 0.384 e. The molecule has 4 N–H and O–H groups in total. The molecule has 5 heteroatoms. The van der Waals surface area contributed by atoms with Crippen LogP contribution in [0.3, 0.4) is 0 Å². The van der Waals surface area contributed by atoms with Gasteiger partial charge >= 0.3 is 0 Å². The van der Waals surface area contributed by atoms with Gasteiger partial charge in [0.2, 0.25) is 0 Å². The quantitative estimate of drug-likeness (QED) is 0.423. The molecule has 5 nitrogen and oxygen atoms in total. The maximum absolute atomic E-state index is 7.60. The second-order valence-corrected chi connectivity index (χ2v) is 3.90. The highest BCUT2D eigenvalue weighted by molar-refractivity contribution is 6.07. The van der Waals surface area contributed by atoms with Gasteiger partial charge in [-0.2, -0.15) is 0 Å². The van der Waals surface area contributed by atoms with Crippen LogP contribution >= 0.6 is 0 Å². The Morgan fingerprint density at radius 1 is 1.44 bits per heavy atom. The molecule has 2 aromatic rings. The van der Waals surface area contributed by atoms with Gasteiger partial charge in [0.15, 0.2) is 0 Å². The molecule has 1 heterocycles. The van der Waals surface area contributed by atoms with Crippen LogP contribution in [-0.2, 0) is 4.74 Å². The van der Waals surface area contributed by atoms with E-state index in [0.717, 1.165) is 16.6 Å². The van der Waals surface area contributed by atoms with E-state index in [9.17, 15) is 0 Å². The van der Waals surface area contributed by atoms with E-state index in [1.807, 2.05) is 24.3 Å². The van der Waals surface area contributed by atoms with E-state index in [4.69, 9.17) is 15.9 Å². The number of nitrogens with two attached hydrogens (primary N) is 1. The number of hydrogen-bond donors (Lipinski definition) is 3. The first-order valence-electron chi connectivity index (χ1n) is 5.69. The Kier molecular flexibility index (Phi) is 3.74. The molecule has 0 saturated heterocycles. The molecule has 0 amide bonds. The Bertz CT molecular complexity index is 568. The van der Waals surface area contributed by atoms with E-state index >= 15 is 0 Å². The number of nitrogen functional groups attached to an aromatic ring is 1. The molecule has 94 valence electrons. The van der Waals surface area contributed by atoms with Gasteiger partial charge in [-0.25, -0.2) is 0 Å². The summed E-state index contributed by atoms with van der Waals surface area (Å²) in [5.41, 5.74) is 7.91. The Morgan fingerprint density at radius 2 is 2.22 bits per heavy atom. The van der Waals surface area contributed by atoms with Crippen molar-refractivity contribution in [2.24, 2.45) is 5.73 Å². The van der Waals surface area contributed by atoms with E-state index in [0.29, 0.717) is 18.7 Å². The predicted molar refractivity (Wildman–Crippen MR) is 73.1 cm³/mol. The third-order valence-corrected chi connectivity index (χ3v) is 2.67. The van der Waals surface area contributed by atoms with Crippen LogP contribution in [0.15, 0.2) is 30.5 Å². The van der Waals surface area contributed by atoms with Gasteiger partial charge in [0.1, 0.15) is 5.84 Å². The van der Waals surface area contributed by atoms with Crippen LogP contribution in [0.25, 0.3) is 10.9 Å². The maximum atomic E-state index is 7.60. The van der Waals surface area contributed by atoms with E-state index < -0.39 is 0 Å². The Morgan fingerprint density at radius 3 is 2.94 bits per heavy atom. The minimum Gasteiger partial charge on any atom is -0.384 e. The second kappa shape index (κ2) is 5.46. The minimum atomic E-state index is 0.00756. The van der Waals surface area contributed by atoms with Gasteiger partial charge in [-0.05, 0) is 6.07 Å². The summed E-state index contributed by atoms with van der Waals surface area (Å²) in [5.74, 6) is 0.00756. The summed E-state index contributed by atoms with van der Waals surface area (Å²) in [6, 6.07) is 7.77. The lowest BCUT2D eigenvalue weighted by atomic mass is 10.1. The first kappa shape index (κ1) is 12.3. The lowest BCUT2D eigenvalue weighted by molar-refractivity contribution is 0.211. The molecule has 0 unspecified atom stereocenters. The molecule has 18 heavy (non-hydrogen) atoms. The predicted octanol–water partition coefficient (Wildman–Crippen LogP) is 1.58. The van der Waals surface area contributed by atoms with Crippen LogP contribution in [-0.4, -0.2) is 31.1 Å². The third kappa shape index (κ3) is 2.41. The number of rotatable bonds is 5. The van der Waals surface area contributed by atoms with Crippen LogP contribution in [0.1, 0.15) is 5.56 Å². The Hall–Kier alpha value is -2.14. The third-order valence-electron chi connectivity index (χ3n) is 2.67. The molecule has 2 rings (SSSR count). The van der Waals surface area contributed by atoms with Gasteiger partial charge in [-0.15, -0.1) is 0 Å². The van der Waals surface area contributed by atoms with E-state index in [1.165, 1.54) is 0 Å². The molecule has 0 saturated carbocycles. The molecule has 0 fully saturated rings. The van der Waals surface area contributed by atoms with Crippen molar-refractivity contribution in [3.05, 3.63) is 36.0 Å². The molecule has 0 aliphatic heterocycles. The average molecular weight is 244 g/mol. The number of hydrogen-bond acceptors (Lipinski definition) is 4. The van der Waals surface area contributed by atoms with Crippen molar-refractivity contribution in [3.63, 3.8) is 0 Å². The number of methoxy groups -OCH3 is 1. The molecule has 0 atom stereocenters. The average Bonchev–Trinajstić information content (AvgIpc) is 2.38. The van der Waals surface area contributed by atoms with Crippen molar-refractivity contribution < 1.29 is 4.74 Å². The number of fused-ring (bicyclic) bond motifs is 1. The van der Waals surface area contributed by atoms with Gasteiger partial charge < -0.3 is 15.8 Å². The molecular weight excluding hydrogens is 228 g/mol. The van der Waals surface area contributed by atoms with Gasteiger partial charge in [-0.3, -0.25) is 10.4 Å². The Labute approximate surface area is 105 Å². The number of ether oxygens (including phenoxy) is 1. The van der Waals surface area contributed by atoms with Crippen molar-refractivity contribution in [2.45, 2.75) is 0 Å². The summed E-state index contributed by atoms with van der Waals surface area (Å²) < 4.78 is 5.01. The standard InChI is InChI=1S/C13H16N4O/c1-18-7-6-16-12-9-4-2-3-5-11(9)17-8-10(12)13(14)15/h2-5,8H,6-7H2,1H3,(H3,14,15)(H,16,17). The number of anilines is 1. The van der Waals surface area contributed by atoms with E-state index in [2.05, 4.69) is 10.3 Å². The summed E-state index contributed by atoms with van der Waals surface area (Å²) >= 11 is 0. The topological polar surface area (TPSA) is 84.0 Å². The minimum absolute atomic E-state index is 0.00756. The van der Waals surface area contributed by atoms with Crippen LogP contribution in [0.5, 0.6) is 0 Å². The fourth-order valence-electron chi connectivity index (χ4n) is 1.81. The highest BCUT2D eigenvalue weighted by Crippen LogP contribution is 2.25.